The molecule has 3 atom stereocenters. The van der Waals surface area contributed by atoms with Gasteiger partial charge in [0.25, 0.3) is 0 Å². The molecule has 0 bridgehead atoms. The van der Waals surface area contributed by atoms with Crippen LogP contribution in [0, 0.1) is 17.3 Å². The number of amides is 1. The van der Waals surface area contributed by atoms with Crippen LogP contribution in [-0.4, -0.2) is 62.2 Å². The topological polar surface area (TPSA) is 66.0 Å². The highest BCUT2D eigenvalue weighted by molar-refractivity contribution is 14.0. The average Bonchev–Trinajstić information content (AvgIpc) is 2.65. The van der Waals surface area contributed by atoms with Crippen LogP contribution in [0.1, 0.15) is 52.9 Å². The molecule has 2 N–H and O–H groups in total. The van der Waals surface area contributed by atoms with Gasteiger partial charge in [-0.05, 0) is 38.5 Å². The summed E-state index contributed by atoms with van der Waals surface area (Å²) in [7, 11) is 1.72. The summed E-state index contributed by atoms with van der Waals surface area (Å²) < 4.78 is 6.04. The number of guanidine groups is 1. The predicted octanol–water partition coefficient (Wildman–Crippen LogP) is 2.62. The molecule has 3 aliphatic rings. The van der Waals surface area contributed by atoms with Crippen molar-refractivity contribution in [3.8, 4) is 0 Å². The molecule has 2 aliphatic heterocycles. The first-order valence-electron chi connectivity index (χ1n) is 10.4. The highest BCUT2D eigenvalue weighted by Gasteiger charge is 2.58. The summed E-state index contributed by atoms with van der Waals surface area (Å²) in [6.07, 6.45) is 5.56. The molecule has 6 nitrogen and oxygen atoms in total. The number of hydrogen-bond acceptors (Lipinski definition) is 3. The van der Waals surface area contributed by atoms with Crippen molar-refractivity contribution < 1.29 is 9.53 Å². The molecule has 0 spiro atoms. The third-order valence-corrected chi connectivity index (χ3v) is 6.59. The van der Waals surface area contributed by atoms with Gasteiger partial charge in [-0.2, -0.15) is 0 Å². The number of carbonyl (C=O) groups excluding carboxylic acids is 1. The van der Waals surface area contributed by atoms with Crippen LogP contribution in [0.2, 0.25) is 0 Å². The Balaban J connectivity index is 0.00000261. The molecule has 1 aliphatic carbocycles. The molecule has 1 saturated carbocycles. The largest absolute Gasteiger partial charge is 0.377 e. The zero-order chi connectivity index (χ0) is 18.7. The lowest BCUT2D eigenvalue weighted by Crippen LogP contribution is -2.71. The van der Waals surface area contributed by atoms with E-state index in [1.54, 1.807) is 7.05 Å². The second kappa shape index (κ2) is 9.76. The molecule has 0 aromatic carbocycles. The zero-order valence-electron chi connectivity index (χ0n) is 17.3. The Labute approximate surface area is 181 Å². The molecule has 3 rings (SSSR count). The molecular formula is C20H37IN4O2. The highest BCUT2D eigenvalue weighted by Crippen LogP contribution is 2.51. The van der Waals surface area contributed by atoms with Crippen molar-refractivity contribution in [1.82, 2.24) is 15.5 Å². The van der Waals surface area contributed by atoms with Crippen molar-refractivity contribution in [2.75, 3.05) is 33.3 Å². The van der Waals surface area contributed by atoms with Crippen LogP contribution in [0.25, 0.3) is 0 Å². The lowest BCUT2D eigenvalue weighted by molar-refractivity contribution is -0.188. The fourth-order valence-electron chi connectivity index (χ4n) is 5.05. The first-order valence-corrected chi connectivity index (χ1v) is 10.4. The van der Waals surface area contributed by atoms with Gasteiger partial charge in [-0.25, -0.2) is 0 Å². The maximum absolute atomic E-state index is 11.6. The SMILES string of the molecule is CCN=C(NC1C2CCCOC2C1(C)C)N1CCC(CC(=O)NC)CC1.I. The highest BCUT2D eigenvalue weighted by atomic mass is 127. The van der Waals surface area contributed by atoms with Gasteiger partial charge in [0.05, 0.1) is 6.10 Å². The monoisotopic (exact) mass is 492 g/mol. The van der Waals surface area contributed by atoms with Gasteiger partial charge in [0.15, 0.2) is 5.96 Å². The summed E-state index contributed by atoms with van der Waals surface area (Å²) in [5.41, 5.74) is 0.150. The molecular weight excluding hydrogens is 455 g/mol. The van der Waals surface area contributed by atoms with E-state index >= 15 is 0 Å². The van der Waals surface area contributed by atoms with Crippen molar-refractivity contribution in [1.29, 1.82) is 0 Å². The van der Waals surface area contributed by atoms with Crippen molar-refractivity contribution >= 4 is 35.8 Å². The standard InChI is InChI=1S/C20H36N4O2.HI/c1-5-22-19(24-10-8-14(9-11-24)13-16(25)21-4)23-17-15-7-6-12-26-18(15)20(17,2)3;/h14-15,17-18H,5-13H2,1-4H3,(H,21,25)(H,22,23);1H. The number of piperidine rings is 1. The second-order valence-electron chi connectivity index (χ2n) is 8.65. The number of hydrogen-bond donors (Lipinski definition) is 2. The summed E-state index contributed by atoms with van der Waals surface area (Å²) in [4.78, 5) is 18.8. The molecule has 156 valence electrons. The maximum Gasteiger partial charge on any atom is 0.220 e. The van der Waals surface area contributed by atoms with E-state index in [0.29, 0.717) is 30.4 Å². The third-order valence-electron chi connectivity index (χ3n) is 6.59. The van der Waals surface area contributed by atoms with Crippen LogP contribution < -0.4 is 10.6 Å². The van der Waals surface area contributed by atoms with Crippen LogP contribution in [0.5, 0.6) is 0 Å². The van der Waals surface area contributed by atoms with Crippen molar-refractivity contribution in [2.24, 2.45) is 22.2 Å². The van der Waals surface area contributed by atoms with E-state index in [1.165, 1.54) is 12.8 Å². The number of fused-ring (bicyclic) bond motifs is 1. The Kier molecular flexibility index (Phi) is 8.21. The van der Waals surface area contributed by atoms with Crippen LogP contribution in [0.4, 0.5) is 0 Å². The number of nitrogens with zero attached hydrogens (tertiary/aromatic N) is 2. The van der Waals surface area contributed by atoms with E-state index in [-0.39, 0.29) is 35.3 Å². The molecule has 2 saturated heterocycles. The minimum atomic E-state index is 0. The molecule has 0 aromatic rings. The van der Waals surface area contributed by atoms with E-state index in [1.807, 2.05) is 0 Å². The predicted molar refractivity (Wildman–Crippen MR) is 120 cm³/mol. The normalized spacial score (nSPS) is 30.6. The molecule has 7 heteroatoms. The lowest BCUT2D eigenvalue weighted by Gasteiger charge is -2.60. The van der Waals surface area contributed by atoms with Crippen LogP contribution >= 0.6 is 24.0 Å². The van der Waals surface area contributed by atoms with Gasteiger partial charge in [-0.1, -0.05) is 13.8 Å². The van der Waals surface area contributed by atoms with Gasteiger partial charge in [0.2, 0.25) is 5.91 Å². The fraction of sp³-hybridized carbons (Fsp3) is 0.900. The van der Waals surface area contributed by atoms with Gasteiger partial charge in [-0.3, -0.25) is 9.79 Å². The van der Waals surface area contributed by atoms with Gasteiger partial charge in [-0.15, -0.1) is 24.0 Å². The first kappa shape index (κ1) is 22.7. The van der Waals surface area contributed by atoms with Crippen molar-refractivity contribution in [3.63, 3.8) is 0 Å². The Morgan fingerprint density at radius 1 is 1.26 bits per heavy atom. The van der Waals surface area contributed by atoms with E-state index in [2.05, 4.69) is 36.3 Å². The minimum absolute atomic E-state index is 0. The van der Waals surface area contributed by atoms with E-state index in [9.17, 15) is 4.79 Å². The number of halogens is 1. The van der Waals surface area contributed by atoms with E-state index in [4.69, 9.17) is 9.73 Å². The molecule has 1 amide bonds. The Hall–Kier alpha value is -0.570. The van der Waals surface area contributed by atoms with Crippen LogP contribution in [0.3, 0.4) is 0 Å². The quantitative estimate of drug-likeness (QED) is 0.360. The van der Waals surface area contributed by atoms with Crippen LogP contribution in [-0.2, 0) is 9.53 Å². The Morgan fingerprint density at radius 3 is 2.59 bits per heavy atom. The summed E-state index contributed by atoms with van der Waals surface area (Å²) in [5.74, 6) is 2.30. The molecule has 3 unspecified atom stereocenters. The third kappa shape index (κ3) is 4.89. The average molecular weight is 492 g/mol. The zero-order valence-corrected chi connectivity index (χ0v) is 19.6. The summed E-state index contributed by atoms with van der Waals surface area (Å²) in [6, 6.07) is 0.432. The van der Waals surface area contributed by atoms with E-state index in [0.717, 1.165) is 45.0 Å². The summed E-state index contributed by atoms with van der Waals surface area (Å²) in [6.45, 7) is 10.4. The lowest BCUT2D eigenvalue weighted by atomic mass is 9.55. The van der Waals surface area contributed by atoms with Gasteiger partial charge < -0.3 is 20.3 Å². The van der Waals surface area contributed by atoms with Gasteiger partial charge >= 0.3 is 0 Å². The molecule has 2 heterocycles. The molecule has 3 fully saturated rings. The fourth-order valence-corrected chi connectivity index (χ4v) is 5.05. The number of aliphatic imine (C=N–C) groups is 1. The second-order valence-corrected chi connectivity index (χ2v) is 8.65. The van der Waals surface area contributed by atoms with E-state index < -0.39 is 0 Å². The number of carbonyl (C=O) groups is 1. The number of ether oxygens (including phenoxy) is 1. The van der Waals surface area contributed by atoms with Crippen molar-refractivity contribution in [2.45, 2.75) is 65.0 Å². The first-order chi connectivity index (χ1) is 12.5. The number of nitrogens with one attached hydrogen (secondary N) is 2. The Morgan fingerprint density at radius 2 is 1.96 bits per heavy atom. The number of likely N-dealkylation sites (tertiary alicyclic amines) is 1. The smallest absolute Gasteiger partial charge is 0.220 e. The maximum atomic E-state index is 11.6. The van der Waals surface area contributed by atoms with Crippen molar-refractivity contribution in [3.05, 3.63) is 0 Å². The number of rotatable bonds is 4. The van der Waals surface area contributed by atoms with Gasteiger partial charge in [0.1, 0.15) is 0 Å². The molecule has 0 radical (unpaired) electrons. The van der Waals surface area contributed by atoms with Gasteiger partial charge in [0, 0.05) is 57.1 Å². The molecule has 0 aromatic heterocycles. The van der Waals surface area contributed by atoms with Crippen LogP contribution in [0.15, 0.2) is 4.99 Å². The minimum Gasteiger partial charge on any atom is -0.377 e. The Bertz CT molecular complexity index is 532. The molecule has 27 heavy (non-hydrogen) atoms. The summed E-state index contributed by atoms with van der Waals surface area (Å²) in [5, 5.41) is 6.54. The summed E-state index contributed by atoms with van der Waals surface area (Å²) >= 11 is 0.